The number of aryl methyl sites for hydroxylation is 2. The number of methoxy groups -OCH3 is 1. The topological polar surface area (TPSA) is 104 Å². The number of ether oxygens (including phenoxy) is 1. The number of halogens is 1. The maximum atomic E-state index is 13.9. The number of aromatic nitrogens is 3. The summed E-state index contributed by atoms with van der Waals surface area (Å²) in [5.41, 5.74) is 4.73. The van der Waals surface area contributed by atoms with Crippen LogP contribution in [0.15, 0.2) is 40.9 Å². The van der Waals surface area contributed by atoms with Gasteiger partial charge in [-0.1, -0.05) is 30.5 Å². The van der Waals surface area contributed by atoms with Crippen LogP contribution in [0.5, 0.6) is 5.75 Å². The molecule has 3 heterocycles. The van der Waals surface area contributed by atoms with Crippen LogP contribution in [0.4, 0.5) is 10.1 Å². The van der Waals surface area contributed by atoms with Gasteiger partial charge >= 0.3 is 0 Å². The minimum absolute atomic E-state index is 0.109. The minimum atomic E-state index is -0.764. The lowest BCUT2D eigenvalue weighted by Crippen LogP contribution is -2.28. The number of phenolic OH excluding ortho intramolecular Hbond substituents is 1. The molecular formula is C29H33FN4O4. The number of carbonyl (C=O) groups excluding carboxylic acids is 1. The molecule has 2 fully saturated rings. The predicted octanol–water partition coefficient (Wildman–Crippen LogP) is 6.51. The molecule has 200 valence electrons. The molecule has 0 radical (unpaired) electrons. The fourth-order valence-corrected chi connectivity index (χ4v) is 5.45. The molecule has 1 saturated carbocycles. The molecule has 38 heavy (non-hydrogen) atoms. The van der Waals surface area contributed by atoms with Gasteiger partial charge in [-0.3, -0.25) is 4.79 Å². The van der Waals surface area contributed by atoms with E-state index in [0.29, 0.717) is 30.5 Å². The molecule has 1 atom stereocenters. The molecular weight excluding hydrogens is 487 g/mol. The van der Waals surface area contributed by atoms with E-state index in [4.69, 9.17) is 9.26 Å². The van der Waals surface area contributed by atoms with E-state index in [1.54, 1.807) is 0 Å². The van der Waals surface area contributed by atoms with E-state index in [1.807, 2.05) is 39.2 Å². The van der Waals surface area contributed by atoms with Crippen LogP contribution >= 0.6 is 0 Å². The normalized spacial score (nSPS) is 18.2. The van der Waals surface area contributed by atoms with E-state index in [0.717, 1.165) is 33.6 Å². The van der Waals surface area contributed by atoms with Gasteiger partial charge in [-0.2, -0.15) is 0 Å². The molecule has 1 amide bonds. The number of hydrogen-bond donors (Lipinski definition) is 2. The summed E-state index contributed by atoms with van der Waals surface area (Å²) in [5, 5.41) is 13.5. The zero-order valence-corrected chi connectivity index (χ0v) is 22.0. The second-order valence-corrected chi connectivity index (χ2v) is 10.0. The molecule has 2 aromatic heterocycles. The number of benzene rings is 2. The SMILES string of the molecule is COC1CCCCC1.Cc1noc(C)c1-c1ccc2nc([C@@H]3CCC(=O)N3c3ccc(O)c(F)c3)[nH]c2c1. The van der Waals surface area contributed by atoms with Crippen molar-refractivity contribution in [3.63, 3.8) is 0 Å². The van der Waals surface area contributed by atoms with Gasteiger partial charge in [0.2, 0.25) is 5.91 Å². The van der Waals surface area contributed by atoms with E-state index in [2.05, 4.69) is 15.1 Å². The minimum Gasteiger partial charge on any atom is -0.505 e. The van der Waals surface area contributed by atoms with Gasteiger partial charge in [-0.15, -0.1) is 0 Å². The maximum absolute atomic E-state index is 13.9. The van der Waals surface area contributed by atoms with Crippen LogP contribution < -0.4 is 4.90 Å². The number of fused-ring (bicyclic) bond motifs is 1. The molecule has 9 heteroatoms. The highest BCUT2D eigenvalue weighted by Crippen LogP contribution is 2.38. The zero-order valence-electron chi connectivity index (χ0n) is 22.0. The van der Waals surface area contributed by atoms with Gasteiger partial charge in [-0.05, 0) is 62.9 Å². The van der Waals surface area contributed by atoms with Crippen LogP contribution in [-0.4, -0.2) is 39.4 Å². The maximum Gasteiger partial charge on any atom is 0.227 e. The van der Waals surface area contributed by atoms with Crippen LogP contribution in [0, 0.1) is 19.7 Å². The van der Waals surface area contributed by atoms with Crippen LogP contribution in [0.25, 0.3) is 22.2 Å². The molecule has 0 spiro atoms. The molecule has 4 aromatic rings. The van der Waals surface area contributed by atoms with E-state index in [-0.39, 0.29) is 11.9 Å². The number of hydrogen-bond acceptors (Lipinski definition) is 6. The summed E-state index contributed by atoms with van der Waals surface area (Å²) < 4.78 is 24.3. The van der Waals surface area contributed by atoms with Gasteiger partial charge in [0.15, 0.2) is 11.6 Å². The zero-order chi connectivity index (χ0) is 26.8. The van der Waals surface area contributed by atoms with Crippen molar-refractivity contribution in [2.75, 3.05) is 12.0 Å². The smallest absolute Gasteiger partial charge is 0.227 e. The van der Waals surface area contributed by atoms with Crippen LogP contribution in [0.3, 0.4) is 0 Å². The quantitative estimate of drug-likeness (QED) is 0.318. The third-order valence-electron chi connectivity index (χ3n) is 7.44. The van der Waals surface area contributed by atoms with E-state index < -0.39 is 11.6 Å². The van der Waals surface area contributed by atoms with Crippen LogP contribution in [0.2, 0.25) is 0 Å². The number of nitrogens with one attached hydrogen (secondary N) is 1. The Kier molecular flexibility index (Phi) is 7.46. The lowest BCUT2D eigenvalue weighted by atomic mass is 9.98. The molecule has 2 aromatic carbocycles. The van der Waals surface area contributed by atoms with Crippen molar-refractivity contribution in [3.05, 3.63) is 59.5 Å². The van der Waals surface area contributed by atoms with E-state index in [1.165, 1.54) is 55.2 Å². The fourth-order valence-electron chi connectivity index (χ4n) is 5.45. The van der Waals surface area contributed by atoms with Crippen molar-refractivity contribution < 1.29 is 23.6 Å². The van der Waals surface area contributed by atoms with Gasteiger partial charge in [0.05, 0.1) is 28.9 Å². The van der Waals surface area contributed by atoms with Crippen molar-refractivity contribution >= 4 is 22.6 Å². The van der Waals surface area contributed by atoms with Crippen molar-refractivity contribution in [1.82, 2.24) is 15.1 Å². The molecule has 0 bridgehead atoms. The summed E-state index contributed by atoms with van der Waals surface area (Å²) >= 11 is 0. The number of H-pyrrole nitrogens is 1. The first kappa shape index (κ1) is 25.9. The molecule has 6 rings (SSSR count). The number of anilines is 1. The van der Waals surface area contributed by atoms with Crippen molar-refractivity contribution in [2.24, 2.45) is 0 Å². The van der Waals surface area contributed by atoms with E-state index >= 15 is 0 Å². The van der Waals surface area contributed by atoms with Crippen LogP contribution in [0.1, 0.15) is 68.3 Å². The number of nitrogens with zero attached hydrogens (tertiary/aromatic N) is 3. The Bertz CT molecular complexity index is 1420. The average Bonchev–Trinajstić information content (AvgIpc) is 3.62. The van der Waals surface area contributed by atoms with Gasteiger partial charge in [0, 0.05) is 30.8 Å². The van der Waals surface area contributed by atoms with E-state index in [9.17, 15) is 14.3 Å². The highest BCUT2D eigenvalue weighted by Gasteiger charge is 2.35. The molecule has 2 aliphatic rings. The van der Waals surface area contributed by atoms with Gasteiger partial charge in [-0.25, -0.2) is 9.37 Å². The molecule has 1 aliphatic heterocycles. The molecule has 1 aliphatic carbocycles. The lowest BCUT2D eigenvalue weighted by Gasteiger charge is -2.23. The fraction of sp³-hybridized carbons (Fsp3) is 0.414. The number of amides is 1. The standard InChI is InChI=1S/C22H19FN4O3.C7H14O/c1-11-21(12(2)30-26-11)13-3-5-16-17(9-13)25-22(24-16)18-6-8-20(29)27(18)14-4-7-19(28)15(23)10-14;1-8-7-5-3-2-4-6-7/h3-5,7,9-10,18,28H,6,8H2,1-2H3,(H,24,25);7H,2-6H2,1H3/t18-;/m0./s1. The molecule has 0 unspecified atom stereocenters. The second kappa shape index (κ2) is 10.9. The first-order valence-electron chi connectivity index (χ1n) is 13.1. The summed E-state index contributed by atoms with van der Waals surface area (Å²) in [4.78, 5) is 22.1. The molecule has 8 nitrogen and oxygen atoms in total. The molecule has 1 saturated heterocycles. The lowest BCUT2D eigenvalue weighted by molar-refractivity contribution is -0.117. The number of aromatic hydroxyl groups is 1. The van der Waals surface area contributed by atoms with Crippen molar-refractivity contribution in [3.8, 4) is 16.9 Å². The Morgan fingerprint density at radius 2 is 1.89 bits per heavy atom. The Morgan fingerprint density at radius 1 is 1.11 bits per heavy atom. The Hall–Kier alpha value is -3.72. The Balaban J connectivity index is 0.000000316. The number of aromatic amines is 1. The summed E-state index contributed by atoms with van der Waals surface area (Å²) in [6.45, 7) is 3.77. The first-order valence-corrected chi connectivity index (χ1v) is 13.1. The summed E-state index contributed by atoms with van der Waals surface area (Å²) in [5.74, 6) is 0.0629. The number of imidazole rings is 1. The van der Waals surface area contributed by atoms with Crippen LogP contribution in [-0.2, 0) is 9.53 Å². The third kappa shape index (κ3) is 5.15. The van der Waals surface area contributed by atoms with Crippen molar-refractivity contribution in [2.45, 2.75) is 70.9 Å². The summed E-state index contributed by atoms with van der Waals surface area (Å²) in [6.07, 6.45) is 8.24. The Labute approximate surface area is 220 Å². The van der Waals surface area contributed by atoms with Crippen molar-refractivity contribution in [1.29, 1.82) is 0 Å². The van der Waals surface area contributed by atoms with Gasteiger partial charge in [0.1, 0.15) is 11.6 Å². The average molecular weight is 521 g/mol. The third-order valence-corrected chi connectivity index (χ3v) is 7.44. The summed E-state index contributed by atoms with van der Waals surface area (Å²) in [7, 11) is 1.82. The predicted molar refractivity (Wildman–Crippen MR) is 142 cm³/mol. The largest absolute Gasteiger partial charge is 0.505 e. The highest BCUT2D eigenvalue weighted by molar-refractivity contribution is 5.96. The number of carbonyl (C=O) groups is 1. The summed E-state index contributed by atoms with van der Waals surface area (Å²) in [6, 6.07) is 9.49. The molecule has 2 N–H and O–H groups in total. The van der Waals surface area contributed by atoms with Gasteiger partial charge < -0.3 is 24.3 Å². The Morgan fingerprint density at radius 3 is 2.55 bits per heavy atom. The monoisotopic (exact) mass is 520 g/mol. The first-order chi connectivity index (χ1) is 18.4. The number of rotatable bonds is 4. The second-order valence-electron chi connectivity index (χ2n) is 10.0. The van der Waals surface area contributed by atoms with Gasteiger partial charge in [0.25, 0.3) is 0 Å². The number of phenols is 1. The highest BCUT2D eigenvalue weighted by atomic mass is 19.1.